The van der Waals surface area contributed by atoms with Crippen molar-refractivity contribution in [1.29, 1.82) is 0 Å². The second-order valence-corrected chi connectivity index (χ2v) is 31.8. The van der Waals surface area contributed by atoms with Gasteiger partial charge in [-0.15, -0.1) is 11.8 Å². The number of thioether (sulfide) groups is 1. The van der Waals surface area contributed by atoms with Crippen molar-refractivity contribution in [2.75, 3.05) is 78.7 Å². The van der Waals surface area contributed by atoms with Crippen LogP contribution < -0.4 is 59.3 Å². The topological polar surface area (TPSA) is 446 Å². The SMILES string of the molecule is CC[C@H](C)[C@@H]([C@@H](CC(=O)N1C[C@@H](OC(=O)NCCNC(=O)OCc2ccc(NC(=O)[C@H](CCCNC(N)=O)NC(=O)[C@@H](NC(=O)CCCCCN3C(=O)CC(SCC4(CC(N)=O)CC4)C3=O)C(C)C)cc2)C[C@H]1[C@H](OC)[C@@H](C)C(=O)NCC(=O)c1ccc(C)cc1C)OC)N(C)C(=O)[C@@H](NC(=O)[C@@H](NC)C(C)C)C(C)C. The van der Waals surface area contributed by atoms with Gasteiger partial charge in [-0.3, -0.25) is 57.6 Å². The Kier molecular flexibility index (Phi) is 37.5. The first-order chi connectivity index (χ1) is 52.5. The molecule has 2 aromatic carbocycles. The number of methoxy groups -OCH3 is 2. The molecule has 0 bridgehead atoms. The Balaban J connectivity index is 1.15. The molecule has 33 heteroatoms. The van der Waals surface area contributed by atoms with Crippen molar-refractivity contribution >= 4 is 101 Å². The summed E-state index contributed by atoms with van der Waals surface area (Å²) in [5, 5.41) is 24.2. The van der Waals surface area contributed by atoms with Crippen LogP contribution in [0.2, 0.25) is 0 Å². The summed E-state index contributed by atoms with van der Waals surface area (Å²) >= 11 is 1.40. The van der Waals surface area contributed by atoms with E-state index in [1.54, 1.807) is 70.1 Å². The number of ketones is 1. The molecule has 12 atom stereocenters. The van der Waals surface area contributed by atoms with Crippen LogP contribution in [0.1, 0.15) is 173 Å². The van der Waals surface area contributed by atoms with Crippen LogP contribution in [0, 0.1) is 48.9 Å². The Bertz CT molecular complexity index is 3540. The van der Waals surface area contributed by atoms with Gasteiger partial charge in [0.05, 0.1) is 61.0 Å². The molecule has 14 amide bonds. The molecule has 32 nitrogen and oxygen atoms in total. The predicted octanol–water partition coefficient (Wildman–Crippen LogP) is 4.63. The number of carbonyl (C=O) groups is 14. The minimum Gasteiger partial charge on any atom is -0.445 e. The average molecular weight is 1580 g/mol. The van der Waals surface area contributed by atoms with Crippen molar-refractivity contribution in [2.24, 2.45) is 46.5 Å². The molecule has 2 aliphatic heterocycles. The van der Waals surface area contributed by atoms with Crippen LogP contribution in [0.5, 0.6) is 0 Å². The summed E-state index contributed by atoms with van der Waals surface area (Å²) in [7, 11) is 6.16. The standard InChI is InChI=1S/C78H122N14O18S/c1-16-48(9)67(90(13)74(103)66(46(6)7)89-71(100)64(81-12)44(2)3)58(107-14)37-62(96)92-41-53(36-56(92)68(108-15)50(11)69(98)85-40-57(93)54-28-23-47(8)35-49(54)10)110-77(106)84-33-32-83-76(105)109-42-51-24-26-52(27-25-51)86-70(99)55(21-20-31-82-75(80)104)87-72(101)65(45(4)5)88-61(95)22-18-17-19-34-91-63(97)38-59(73(91)102)111-43-78(29-30-78)39-60(79)94/h23-28,35,44-46,48,50,53,55-56,58-59,64-68,81H,16-22,29-34,36-43H2,1-15H3,(H2,79,94)(H,83,105)(H,84,106)(H,85,98)(H,86,99)(H,87,101)(H,88,95)(H,89,100)(H3,80,82,104)/t48-,50+,53-,55-,56-,58+,59?,64-,65-,66-,67-,68+/m0/s1. The fourth-order valence-corrected chi connectivity index (χ4v) is 15.6. The Morgan fingerprint density at radius 3 is 1.95 bits per heavy atom. The second-order valence-electron chi connectivity index (χ2n) is 30.6. The molecule has 1 unspecified atom stereocenters. The van der Waals surface area contributed by atoms with E-state index in [1.165, 1.54) is 35.8 Å². The van der Waals surface area contributed by atoms with Gasteiger partial charge >= 0.3 is 18.2 Å². The van der Waals surface area contributed by atoms with Gasteiger partial charge in [-0.25, -0.2) is 14.4 Å². The van der Waals surface area contributed by atoms with Crippen LogP contribution >= 0.6 is 11.8 Å². The smallest absolute Gasteiger partial charge is 0.407 e. The number of alkyl carbamates (subject to hydrolysis) is 2. The maximum atomic E-state index is 15.0. The summed E-state index contributed by atoms with van der Waals surface area (Å²) in [6.45, 7) is 19.6. The van der Waals surface area contributed by atoms with Crippen LogP contribution in [0.3, 0.4) is 0 Å². The quantitative estimate of drug-likeness (QED) is 0.0244. The number of nitrogens with zero attached hydrogens (tertiary/aromatic N) is 3. The molecule has 5 rings (SSSR count). The molecule has 0 spiro atoms. The summed E-state index contributed by atoms with van der Waals surface area (Å²) in [6, 6.07) is 5.76. The number of amides is 14. The highest BCUT2D eigenvalue weighted by Gasteiger charge is 2.49. The molecule has 3 fully saturated rings. The lowest BCUT2D eigenvalue weighted by atomic mass is 9.89. The van der Waals surface area contributed by atoms with E-state index in [-0.39, 0.29) is 149 Å². The summed E-state index contributed by atoms with van der Waals surface area (Å²) in [5.74, 6) is -5.88. The third-order valence-corrected chi connectivity index (χ3v) is 22.4. The molecule has 2 heterocycles. The monoisotopic (exact) mass is 1570 g/mol. The van der Waals surface area contributed by atoms with Gasteiger partial charge in [0.1, 0.15) is 30.8 Å². The van der Waals surface area contributed by atoms with Gasteiger partial charge in [-0.1, -0.05) is 111 Å². The van der Waals surface area contributed by atoms with Gasteiger partial charge in [-0.05, 0) is 112 Å². The van der Waals surface area contributed by atoms with Crippen molar-refractivity contribution in [1.82, 2.24) is 57.2 Å². The first kappa shape index (κ1) is 92.7. The Morgan fingerprint density at radius 2 is 1.37 bits per heavy atom. The van der Waals surface area contributed by atoms with Gasteiger partial charge in [0.2, 0.25) is 59.1 Å². The number of primary amides is 2. The summed E-state index contributed by atoms with van der Waals surface area (Å²) < 4.78 is 23.4. The number of hydrogen-bond donors (Lipinski definition) is 11. The van der Waals surface area contributed by atoms with Crippen LogP contribution in [-0.2, 0) is 73.5 Å². The summed E-state index contributed by atoms with van der Waals surface area (Å²) in [6.07, 6.45) is -0.343. The van der Waals surface area contributed by atoms with Gasteiger partial charge in [0.25, 0.3) is 0 Å². The number of nitrogens with one attached hydrogen (secondary N) is 9. The number of anilines is 1. The minimum atomic E-state index is -1.13. The lowest BCUT2D eigenvalue weighted by molar-refractivity contribution is -0.147. The number of ether oxygens (including phenoxy) is 4. The van der Waals surface area contributed by atoms with Gasteiger partial charge in [0.15, 0.2) is 5.78 Å². The van der Waals surface area contributed by atoms with E-state index < -0.39 is 119 Å². The number of likely N-dealkylation sites (tertiary alicyclic amines) is 2. The number of unbranched alkanes of at least 4 members (excludes halogenated alkanes) is 2. The molecule has 0 radical (unpaired) electrons. The fraction of sp³-hybridized carbons (Fsp3) is 0.667. The molecule has 3 aliphatic rings. The largest absolute Gasteiger partial charge is 0.445 e. The molecule has 618 valence electrons. The number of likely N-dealkylation sites (N-methyl/N-ethyl adjacent to an activating group) is 2. The van der Waals surface area contributed by atoms with E-state index in [2.05, 4.69) is 47.9 Å². The Morgan fingerprint density at radius 1 is 0.721 bits per heavy atom. The fourth-order valence-electron chi connectivity index (χ4n) is 14.1. The zero-order valence-corrected chi connectivity index (χ0v) is 68.1. The Labute approximate surface area is 656 Å². The molecule has 2 aromatic rings. The van der Waals surface area contributed by atoms with Gasteiger partial charge in [0, 0.05) is 90.1 Å². The number of benzene rings is 2. The van der Waals surface area contributed by atoms with Gasteiger partial charge in [-0.2, -0.15) is 0 Å². The molecule has 2 saturated heterocycles. The molecule has 1 aliphatic carbocycles. The highest BCUT2D eigenvalue weighted by atomic mass is 32.2. The number of hydrogen-bond acceptors (Lipinski definition) is 20. The first-order valence-corrected chi connectivity index (χ1v) is 39.6. The van der Waals surface area contributed by atoms with Crippen molar-refractivity contribution in [3.8, 4) is 0 Å². The number of aryl methyl sites for hydroxylation is 2. The van der Waals surface area contributed by atoms with Crippen LogP contribution in [0.4, 0.5) is 20.1 Å². The van der Waals surface area contributed by atoms with Crippen LogP contribution in [-0.4, -0.2) is 231 Å². The molecule has 111 heavy (non-hydrogen) atoms. The number of imide groups is 1. The minimum absolute atomic E-state index is 0.0198. The number of urea groups is 1. The van der Waals surface area contributed by atoms with E-state index in [9.17, 15) is 67.1 Å². The zero-order chi connectivity index (χ0) is 82.6. The third kappa shape index (κ3) is 28.6. The highest BCUT2D eigenvalue weighted by Crippen LogP contribution is 2.52. The average Bonchev–Trinajstić information content (AvgIpc) is 1.58. The summed E-state index contributed by atoms with van der Waals surface area (Å²) in [5.41, 5.74) is 13.5. The molecular weight excluding hydrogens is 1450 g/mol. The Hall–Kier alpha value is -8.95. The van der Waals surface area contributed by atoms with Crippen molar-refractivity contribution < 1.29 is 86.1 Å². The zero-order valence-electron chi connectivity index (χ0n) is 67.3. The van der Waals surface area contributed by atoms with E-state index in [0.717, 1.165) is 24.0 Å². The molecular formula is C78H122N14O18S. The number of carbonyl (C=O) groups excluding carboxylic acids is 14. The van der Waals surface area contributed by atoms with E-state index >= 15 is 0 Å². The second kappa shape index (κ2) is 44.9. The molecule has 0 aromatic heterocycles. The molecule has 1 saturated carbocycles. The number of rotatable bonds is 47. The van der Waals surface area contributed by atoms with Crippen molar-refractivity contribution in [3.05, 3.63) is 64.7 Å². The van der Waals surface area contributed by atoms with E-state index in [4.69, 9.17) is 30.4 Å². The summed E-state index contributed by atoms with van der Waals surface area (Å²) in [4.78, 5) is 191. The van der Waals surface area contributed by atoms with Crippen molar-refractivity contribution in [3.63, 3.8) is 0 Å². The van der Waals surface area contributed by atoms with E-state index in [0.29, 0.717) is 48.3 Å². The maximum absolute atomic E-state index is 15.0. The third-order valence-electron chi connectivity index (χ3n) is 20.8. The first-order valence-electron chi connectivity index (χ1n) is 38.6. The lowest BCUT2D eigenvalue weighted by Crippen LogP contribution is -2.59. The van der Waals surface area contributed by atoms with E-state index in [1.807, 2.05) is 67.5 Å². The highest BCUT2D eigenvalue weighted by molar-refractivity contribution is 8.00. The van der Waals surface area contributed by atoms with Crippen molar-refractivity contribution in [2.45, 2.75) is 226 Å². The number of Topliss-reactive ketones (excluding diaryl/α,β-unsaturated/α-hetero) is 1. The number of nitrogens with two attached hydrogens (primary N) is 2. The van der Waals surface area contributed by atoms with Gasteiger partial charge < -0.3 is 88.1 Å². The molecule has 13 N–H and O–H groups in total. The predicted molar refractivity (Wildman–Crippen MR) is 418 cm³/mol. The van der Waals surface area contributed by atoms with Crippen LogP contribution in [0.25, 0.3) is 0 Å². The maximum Gasteiger partial charge on any atom is 0.407 e. The normalized spacial score (nSPS) is 18.3. The van der Waals surface area contributed by atoms with Crippen LogP contribution in [0.15, 0.2) is 42.5 Å². The lowest BCUT2D eigenvalue weighted by Gasteiger charge is -2.41.